The Hall–Kier alpha value is -0.480. The lowest BCUT2D eigenvalue weighted by atomic mass is 10.7. The lowest BCUT2D eigenvalue weighted by Gasteiger charge is -2.11. The number of hydrogen-bond acceptors (Lipinski definition) is 12. The Morgan fingerprint density at radius 2 is 0.833 bits per heavy atom. The van der Waals surface area contributed by atoms with Crippen LogP contribution in [0.3, 0.4) is 0 Å². The minimum atomic E-state index is 0.342. The Kier molecular flexibility index (Phi) is 11.2. The van der Waals surface area contributed by atoms with Crippen LogP contribution >= 0.6 is 0 Å². The maximum atomic E-state index is 5.20. The summed E-state index contributed by atoms with van der Waals surface area (Å²) in [7, 11) is 0. The third-order valence-electron chi connectivity index (χ3n) is 1.50. The number of ether oxygens (including phenoxy) is 2. The van der Waals surface area contributed by atoms with Gasteiger partial charge in [-0.25, -0.2) is 0 Å². The smallest absolute Gasteiger partial charge is 0.0933 e. The van der Waals surface area contributed by atoms with Gasteiger partial charge in [0, 0.05) is 0 Å². The molecule has 0 bridgehead atoms. The van der Waals surface area contributed by atoms with Gasteiger partial charge < -0.3 is 9.47 Å². The van der Waals surface area contributed by atoms with Crippen molar-refractivity contribution in [1.29, 1.82) is 0 Å². The molecule has 1 saturated heterocycles. The average Bonchev–Trinajstić information content (AvgIpc) is 2.39. The molecule has 1 rings (SSSR count). The molecule has 0 unspecified atom stereocenters. The fourth-order valence-corrected chi connectivity index (χ4v) is 0.819. The molecular weight excluding hydrogens is 252 g/mol. The maximum absolute atomic E-state index is 5.20. The highest BCUT2D eigenvalue weighted by Gasteiger charge is 1.93. The zero-order valence-electron chi connectivity index (χ0n) is 9.69. The van der Waals surface area contributed by atoms with Crippen molar-refractivity contribution in [3.8, 4) is 0 Å². The summed E-state index contributed by atoms with van der Waals surface area (Å²) in [6.07, 6.45) is 0. The van der Waals surface area contributed by atoms with Crippen LogP contribution in [-0.4, -0.2) is 39.6 Å². The van der Waals surface area contributed by atoms with E-state index in [-0.39, 0.29) is 0 Å². The standard InChI is InChI=1S/C6H18N6O6/c1-2-14-4-6-16-8-10-18-12-11-17-9-7-15-5-3-13-1/h7-12H,1-6H2. The summed E-state index contributed by atoms with van der Waals surface area (Å²) < 4.78 is 10.4. The van der Waals surface area contributed by atoms with Gasteiger partial charge in [0.05, 0.1) is 39.6 Å². The summed E-state index contributed by atoms with van der Waals surface area (Å²) in [5.41, 5.74) is 13.3. The van der Waals surface area contributed by atoms with Crippen LogP contribution in [0.15, 0.2) is 0 Å². The summed E-state index contributed by atoms with van der Waals surface area (Å²) >= 11 is 0. The molecule has 6 N–H and O–H groups in total. The van der Waals surface area contributed by atoms with Crippen LogP contribution in [0.2, 0.25) is 0 Å². The van der Waals surface area contributed by atoms with Crippen LogP contribution in [-0.2, 0) is 29.0 Å². The minimum Gasteiger partial charge on any atom is -0.377 e. The number of hydrogen-bond donors (Lipinski definition) is 6. The third kappa shape index (κ3) is 10.7. The topological polar surface area (TPSA) is 128 Å². The van der Waals surface area contributed by atoms with Crippen molar-refractivity contribution < 1.29 is 29.0 Å². The summed E-state index contributed by atoms with van der Waals surface area (Å²) in [5.74, 6) is 0. The Labute approximate surface area is 103 Å². The monoisotopic (exact) mass is 270 g/mol. The quantitative estimate of drug-likeness (QED) is 0.266. The first-order valence-corrected chi connectivity index (χ1v) is 5.21. The van der Waals surface area contributed by atoms with Crippen molar-refractivity contribution in [3.63, 3.8) is 0 Å². The Bertz CT molecular complexity index is 104. The summed E-state index contributed by atoms with van der Waals surface area (Å²) in [4.78, 5) is 18.8. The third-order valence-corrected chi connectivity index (χ3v) is 1.50. The molecule has 0 spiro atoms. The largest absolute Gasteiger partial charge is 0.377 e. The predicted octanol–water partition coefficient (Wildman–Crippen LogP) is -3.13. The molecule has 12 heteroatoms. The molecule has 12 nitrogen and oxygen atoms in total. The fourth-order valence-electron chi connectivity index (χ4n) is 0.819. The van der Waals surface area contributed by atoms with Crippen molar-refractivity contribution in [2.75, 3.05) is 39.6 Å². The van der Waals surface area contributed by atoms with Crippen LogP contribution in [0.4, 0.5) is 0 Å². The van der Waals surface area contributed by atoms with E-state index in [4.69, 9.17) is 19.1 Å². The predicted molar refractivity (Wildman–Crippen MR) is 54.5 cm³/mol. The number of nitrogens with one attached hydrogen (secondary N) is 6. The van der Waals surface area contributed by atoms with Crippen molar-refractivity contribution in [2.24, 2.45) is 0 Å². The van der Waals surface area contributed by atoms with Gasteiger partial charge in [-0.2, -0.15) is 9.88 Å². The summed E-state index contributed by atoms with van der Waals surface area (Å²) in [6, 6.07) is 0. The molecule has 1 aliphatic heterocycles. The highest BCUT2D eigenvalue weighted by molar-refractivity contribution is 4.32. The molecule has 0 aromatic heterocycles. The number of hydrazine groups is 3. The highest BCUT2D eigenvalue weighted by Crippen LogP contribution is 1.80. The van der Waals surface area contributed by atoms with E-state index in [1.54, 1.807) is 0 Å². The van der Waals surface area contributed by atoms with Gasteiger partial charge in [-0.05, 0) is 0 Å². The van der Waals surface area contributed by atoms with Crippen molar-refractivity contribution in [3.05, 3.63) is 0 Å². The van der Waals surface area contributed by atoms with E-state index in [1.807, 2.05) is 0 Å². The molecule has 18 heavy (non-hydrogen) atoms. The summed E-state index contributed by atoms with van der Waals surface area (Å²) in [5, 5.41) is 0. The van der Waals surface area contributed by atoms with E-state index in [0.717, 1.165) is 0 Å². The van der Waals surface area contributed by atoms with E-state index >= 15 is 0 Å². The maximum Gasteiger partial charge on any atom is 0.0933 e. The van der Waals surface area contributed by atoms with E-state index < -0.39 is 0 Å². The molecule has 108 valence electrons. The van der Waals surface area contributed by atoms with Crippen LogP contribution in [0.5, 0.6) is 0 Å². The second-order valence-corrected chi connectivity index (χ2v) is 2.74. The molecule has 1 aliphatic rings. The Morgan fingerprint density at radius 1 is 0.444 bits per heavy atom. The molecule has 0 saturated carbocycles. The van der Waals surface area contributed by atoms with Gasteiger partial charge in [-0.1, -0.05) is 22.4 Å². The van der Waals surface area contributed by atoms with E-state index in [0.29, 0.717) is 39.6 Å². The van der Waals surface area contributed by atoms with Crippen LogP contribution in [0.1, 0.15) is 0 Å². The zero-order valence-corrected chi connectivity index (χ0v) is 9.69. The first kappa shape index (κ1) is 15.6. The second kappa shape index (κ2) is 13.0. The highest BCUT2D eigenvalue weighted by atomic mass is 17.0. The van der Waals surface area contributed by atoms with Crippen LogP contribution in [0.25, 0.3) is 0 Å². The van der Waals surface area contributed by atoms with Gasteiger partial charge in [-0.15, -0.1) is 11.2 Å². The van der Waals surface area contributed by atoms with Crippen LogP contribution < -0.4 is 33.5 Å². The lowest BCUT2D eigenvalue weighted by Crippen LogP contribution is -2.47. The van der Waals surface area contributed by atoms with Crippen LogP contribution in [0, 0.1) is 0 Å². The van der Waals surface area contributed by atoms with Crippen molar-refractivity contribution in [2.45, 2.75) is 0 Å². The van der Waals surface area contributed by atoms with E-state index in [1.165, 1.54) is 0 Å². The molecule has 1 fully saturated rings. The van der Waals surface area contributed by atoms with Gasteiger partial charge in [0.1, 0.15) is 0 Å². The Morgan fingerprint density at radius 3 is 1.33 bits per heavy atom. The molecular formula is C6H18N6O6. The first-order valence-electron chi connectivity index (χ1n) is 5.21. The zero-order chi connectivity index (χ0) is 12.7. The van der Waals surface area contributed by atoms with Gasteiger partial charge in [-0.3, -0.25) is 9.68 Å². The van der Waals surface area contributed by atoms with E-state index in [2.05, 4.69) is 43.4 Å². The SMILES string of the molecule is C1COCCONNONNONNOCCO1. The van der Waals surface area contributed by atoms with Crippen molar-refractivity contribution in [1.82, 2.24) is 33.5 Å². The minimum absolute atomic E-state index is 0.342. The lowest BCUT2D eigenvalue weighted by molar-refractivity contribution is -0.234. The molecule has 0 aromatic rings. The van der Waals surface area contributed by atoms with Crippen molar-refractivity contribution >= 4 is 0 Å². The molecule has 0 amide bonds. The molecule has 0 atom stereocenters. The average molecular weight is 270 g/mol. The number of rotatable bonds is 0. The fraction of sp³-hybridized carbons (Fsp3) is 1.00. The van der Waals surface area contributed by atoms with Gasteiger partial charge in [0.15, 0.2) is 0 Å². The van der Waals surface area contributed by atoms with Gasteiger partial charge >= 0.3 is 0 Å². The molecule has 0 aliphatic carbocycles. The van der Waals surface area contributed by atoms with E-state index in [9.17, 15) is 0 Å². The molecule has 0 radical (unpaired) electrons. The molecule has 0 aromatic carbocycles. The first-order chi connectivity index (χ1) is 9.00. The van der Waals surface area contributed by atoms with Gasteiger partial charge in [0.2, 0.25) is 0 Å². The second-order valence-electron chi connectivity index (χ2n) is 2.74. The normalized spacial score (nSPS) is 24.0. The molecule has 1 heterocycles. The summed E-state index contributed by atoms with van der Waals surface area (Å²) in [6.45, 7) is 2.49. The van der Waals surface area contributed by atoms with Gasteiger partial charge in [0.25, 0.3) is 0 Å². The Balaban J connectivity index is 2.00.